The predicted octanol–water partition coefficient (Wildman–Crippen LogP) is 4.71. The summed E-state index contributed by atoms with van der Waals surface area (Å²) in [5, 5.41) is 0. The van der Waals surface area contributed by atoms with Crippen molar-refractivity contribution < 1.29 is 4.79 Å². The molecule has 6 unspecified atom stereocenters. The van der Waals surface area contributed by atoms with Crippen molar-refractivity contribution in [2.45, 2.75) is 46.5 Å². The highest BCUT2D eigenvalue weighted by Gasteiger charge is 2.48. The monoisotopic (exact) mass is 282 g/mol. The lowest BCUT2D eigenvalue weighted by atomic mass is 9.53. The van der Waals surface area contributed by atoms with Gasteiger partial charge in [0, 0.05) is 5.92 Å². The standard InChI is InChI=1S/C20H26O/c1-11-12(2)20(21)13(3)15-9-10-17-16-6-4-5-14(16)7-8-18(17)19(11)15/h4-6,11-12,14,17-19H,7-10H2,1-3H3. The minimum absolute atomic E-state index is 0.214. The molecule has 4 aliphatic rings. The minimum atomic E-state index is 0.214. The molecule has 0 heterocycles. The van der Waals surface area contributed by atoms with E-state index in [0.717, 1.165) is 29.7 Å². The summed E-state index contributed by atoms with van der Waals surface area (Å²) in [5.41, 5.74) is 4.35. The number of carbonyl (C=O) groups excluding carboxylic acids is 1. The molecule has 4 rings (SSSR count). The van der Waals surface area contributed by atoms with Gasteiger partial charge in [0.25, 0.3) is 0 Å². The Bertz CT molecular complexity index is 577. The molecule has 0 saturated heterocycles. The molecule has 0 radical (unpaired) electrons. The second kappa shape index (κ2) is 4.69. The normalized spacial score (nSPS) is 45.1. The van der Waals surface area contributed by atoms with Crippen LogP contribution in [0.1, 0.15) is 46.5 Å². The molecule has 1 heteroatoms. The van der Waals surface area contributed by atoms with Crippen LogP contribution >= 0.6 is 0 Å². The number of fused-ring (bicyclic) bond motifs is 5. The van der Waals surface area contributed by atoms with Gasteiger partial charge in [-0.3, -0.25) is 4.79 Å². The Morgan fingerprint density at radius 1 is 1.14 bits per heavy atom. The van der Waals surface area contributed by atoms with E-state index in [1.165, 1.54) is 24.8 Å². The number of ketones is 1. The average Bonchev–Trinajstić information content (AvgIpc) is 2.98. The Balaban J connectivity index is 1.74. The van der Waals surface area contributed by atoms with E-state index in [9.17, 15) is 4.79 Å². The molecule has 21 heavy (non-hydrogen) atoms. The number of Topliss-reactive ketones (excluding diaryl/α,β-unsaturated/α-hetero) is 1. The molecule has 0 aromatic carbocycles. The van der Waals surface area contributed by atoms with Crippen LogP contribution in [-0.2, 0) is 4.79 Å². The summed E-state index contributed by atoms with van der Waals surface area (Å²) in [6.07, 6.45) is 12.2. The van der Waals surface area contributed by atoms with Gasteiger partial charge in [-0.1, -0.05) is 43.2 Å². The summed E-state index contributed by atoms with van der Waals surface area (Å²) in [6, 6.07) is 0. The van der Waals surface area contributed by atoms with Gasteiger partial charge in [-0.15, -0.1) is 0 Å². The number of hydrogen-bond donors (Lipinski definition) is 0. The van der Waals surface area contributed by atoms with Crippen molar-refractivity contribution in [3.05, 3.63) is 34.9 Å². The van der Waals surface area contributed by atoms with Gasteiger partial charge in [0.05, 0.1) is 0 Å². The first-order chi connectivity index (χ1) is 10.1. The van der Waals surface area contributed by atoms with E-state index in [2.05, 4.69) is 39.0 Å². The van der Waals surface area contributed by atoms with Gasteiger partial charge < -0.3 is 0 Å². The van der Waals surface area contributed by atoms with E-state index in [1.54, 1.807) is 5.57 Å². The molecule has 0 bridgehead atoms. The lowest BCUT2D eigenvalue weighted by Gasteiger charge is -2.51. The van der Waals surface area contributed by atoms with Crippen LogP contribution in [0.5, 0.6) is 0 Å². The van der Waals surface area contributed by atoms with Crippen LogP contribution in [0.25, 0.3) is 0 Å². The predicted molar refractivity (Wildman–Crippen MR) is 85.7 cm³/mol. The summed E-state index contributed by atoms with van der Waals surface area (Å²) in [5.74, 6) is 4.12. The molecule has 0 aromatic heterocycles. The molecule has 0 N–H and O–H groups in total. The zero-order valence-electron chi connectivity index (χ0n) is 13.4. The molecule has 2 saturated carbocycles. The molecule has 0 amide bonds. The molecule has 6 atom stereocenters. The summed E-state index contributed by atoms with van der Waals surface area (Å²) in [6.45, 7) is 6.57. The number of carbonyl (C=O) groups is 1. The Kier molecular flexibility index (Phi) is 3.03. The highest BCUT2D eigenvalue weighted by Crippen LogP contribution is 2.56. The van der Waals surface area contributed by atoms with Crippen molar-refractivity contribution in [3.63, 3.8) is 0 Å². The van der Waals surface area contributed by atoms with E-state index in [4.69, 9.17) is 0 Å². The van der Waals surface area contributed by atoms with Crippen LogP contribution < -0.4 is 0 Å². The zero-order chi connectivity index (χ0) is 14.7. The molecule has 1 nitrogen and oxygen atoms in total. The quantitative estimate of drug-likeness (QED) is 0.629. The summed E-state index contributed by atoms with van der Waals surface area (Å²) >= 11 is 0. The molecule has 0 spiro atoms. The van der Waals surface area contributed by atoms with Crippen LogP contribution in [-0.4, -0.2) is 5.78 Å². The Labute approximate surface area is 128 Å². The van der Waals surface area contributed by atoms with Crippen LogP contribution in [0.4, 0.5) is 0 Å². The Morgan fingerprint density at radius 2 is 1.95 bits per heavy atom. The van der Waals surface area contributed by atoms with Crippen LogP contribution in [0.15, 0.2) is 34.9 Å². The molecule has 112 valence electrons. The van der Waals surface area contributed by atoms with Crippen molar-refractivity contribution in [2.24, 2.45) is 35.5 Å². The third-order valence-corrected chi connectivity index (χ3v) is 7.02. The topological polar surface area (TPSA) is 17.1 Å². The van der Waals surface area contributed by atoms with Crippen LogP contribution in [0.2, 0.25) is 0 Å². The van der Waals surface area contributed by atoms with Crippen molar-refractivity contribution >= 4 is 5.78 Å². The van der Waals surface area contributed by atoms with Gasteiger partial charge >= 0.3 is 0 Å². The Hall–Kier alpha value is -1.11. The van der Waals surface area contributed by atoms with E-state index >= 15 is 0 Å². The fourth-order valence-electron chi connectivity index (χ4n) is 5.76. The first-order valence-electron chi connectivity index (χ1n) is 8.71. The summed E-state index contributed by atoms with van der Waals surface area (Å²) in [7, 11) is 0. The molecule has 0 aliphatic heterocycles. The minimum Gasteiger partial charge on any atom is -0.294 e. The molecule has 4 aliphatic carbocycles. The molecule has 2 fully saturated rings. The van der Waals surface area contributed by atoms with E-state index in [-0.39, 0.29) is 5.92 Å². The highest BCUT2D eigenvalue weighted by molar-refractivity contribution is 5.98. The maximum atomic E-state index is 12.5. The van der Waals surface area contributed by atoms with Crippen LogP contribution in [0.3, 0.4) is 0 Å². The third-order valence-electron chi connectivity index (χ3n) is 7.02. The first kappa shape index (κ1) is 13.5. The van der Waals surface area contributed by atoms with Gasteiger partial charge in [0.2, 0.25) is 0 Å². The van der Waals surface area contributed by atoms with E-state index in [1.807, 2.05) is 0 Å². The fourth-order valence-corrected chi connectivity index (χ4v) is 5.76. The van der Waals surface area contributed by atoms with Crippen molar-refractivity contribution in [1.29, 1.82) is 0 Å². The van der Waals surface area contributed by atoms with Gasteiger partial charge in [0.15, 0.2) is 5.78 Å². The summed E-state index contributed by atoms with van der Waals surface area (Å²) < 4.78 is 0. The largest absolute Gasteiger partial charge is 0.294 e. The lowest BCUT2D eigenvalue weighted by Crippen LogP contribution is -2.44. The third kappa shape index (κ3) is 1.79. The van der Waals surface area contributed by atoms with Gasteiger partial charge in [0.1, 0.15) is 0 Å². The van der Waals surface area contributed by atoms with E-state index in [0.29, 0.717) is 17.6 Å². The van der Waals surface area contributed by atoms with Crippen molar-refractivity contribution in [1.82, 2.24) is 0 Å². The van der Waals surface area contributed by atoms with Crippen molar-refractivity contribution in [2.75, 3.05) is 0 Å². The van der Waals surface area contributed by atoms with Gasteiger partial charge in [-0.25, -0.2) is 0 Å². The van der Waals surface area contributed by atoms with Gasteiger partial charge in [-0.2, -0.15) is 0 Å². The number of rotatable bonds is 0. The Morgan fingerprint density at radius 3 is 2.76 bits per heavy atom. The first-order valence-corrected chi connectivity index (χ1v) is 8.71. The summed E-state index contributed by atoms with van der Waals surface area (Å²) in [4.78, 5) is 12.5. The van der Waals surface area contributed by atoms with E-state index < -0.39 is 0 Å². The average molecular weight is 282 g/mol. The zero-order valence-corrected chi connectivity index (χ0v) is 13.4. The second-order valence-corrected chi connectivity index (χ2v) is 7.73. The van der Waals surface area contributed by atoms with Crippen molar-refractivity contribution in [3.8, 4) is 0 Å². The number of hydrogen-bond acceptors (Lipinski definition) is 1. The molecule has 0 aromatic rings. The fraction of sp³-hybridized carbons (Fsp3) is 0.650. The molecular formula is C20H26O. The van der Waals surface area contributed by atoms with Crippen LogP contribution in [0, 0.1) is 35.5 Å². The smallest absolute Gasteiger partial charge is 0.161 e. The van der Waals surface area contributed by atoms with Gasteiger partial charge in [-0.05, 0) is 67.8 Å². The second-order valence-electron chi connectivity index (χ2n) is 7.73. The highest BCUT2D eigenvalue weighted by atomic mass is 16.1. The number of allylic oxidation sites excluding steroid dienone is 6. The maximum Gasteiger partial charge on any atom is 0.161 e. The maximum absolute atomic E-state index is 12.5. The SMILES string of the molecule is CC1=C2CCC3C4=CC=CC4CCC3C2C(C)C(C)C1=O. The molecular weight excluding hydrogens is 256 g/mol. The lowest BCUT2D eigenvalue weighted by molar-refractivity contribution is -0.122.